The van der Waals surface area contributed by atoms with Gasteiger partial charge in [0.15, 0.2) is 0 Å². The van der Waals surface area contributed by atoms with Crippen molar-refractivity contribution in [1.82, 2.24) is 20.0 Å². The molecular weight excluding hydrogens is 180 g/mol. The first kappa shape index (κ1) is 10.6. The minimum Gasteiger partial charge on any atom is -0.332 e. The molecule has 0 unspecified atom stereocenters. The van der Waals surface area contributed by atoms with E-state index in [1.165, 1.54) is 4.90 Å². The third kappa shape index (κ3) is 2.48. The monoisotopic (exact) mass is 196 g/mol. The number of carbonyl (C=O) groups excluding carboxylic acids is 1. The summed E-state index contributed by atoms with van der Waals surface area (Å²) in [6, 6.07) is 1.86. The van der Waals surface area contributed by atoms with Gasteiger partial charge >= 0.3 is 6.03 Å². The van der Waals surface area contributed by atoms with Crippen LogP contribution in [0.4, 0.5) is 4.79 Å². The largest absolute Gasteiger partial charge is 0.332 e. The molecule has 2 amide bonds. The molecule has 78 valence electrons. The van der Waals surface area contributed by atoms with E-state index >= 15 is 0 Å². The van der Waals surface area contributed by atoms with Crippen LogP contribution in [0.3, 0.4) is 0 Å². The molecule has 0 saturated heterocycles. The fourth-order valence-electron chi connectivity index (χ4n) is 1.15. The Hall–Kier alpha value is -1.52. The maximum absolute atomic E-state index is 11.2. The summed E-state index contributed by atoms with van der Waals surface area (Å²) in [6.45, 7) is 2.44. The summed E-state index contributed by atoms with van der Waals surface area (Å²) in [7, 11) is 5.29. The van der Waals surface area contributed by atoms with Crippen molar-refractivity contribution in [1.29, 1.82) is 0 Å². The molecule has 14 heavy (non-hydrogen) atoms. The van der Waals surface area contributed by atoms with Crippen LogP contribution in [0.15, 0.2) is 6.07 Å². The molecule has 1 N–H and O–H groups in total. The molecule has 1 heterocycles. The standard InChI is InChI=1S/C9H16N4O/c1-7-5-8(13(4)11-7)6-10-9(14)12(2)3/h5H,6H2,1-4H3,(H,10,14). The maximum atomic E-state index is 11.2. The quantitative estimate of drug-likeness (QED) is 0.748. The summed E-state index contributed by atoms with van der Waals surface area (Å²) in [4.78, 5) is 12.7. The van der Waals surface area contributed by atoms with Gasteiger partial charge in [0.25, 0.3) is 0 Å². The van der Waals surface area contributed by atoms with Gasteiger partial charge in [0.2, 0.25) is 0 Å². The van der Waals surface area contributed by atoms with Crippen molar-refractivity contribution in [3.05, 3.63) is 17.5 Å². The molecule has 0 aliphatic carbocycles. The molecule has 1 aromatic heterocycles. The van der Waals surface area contributed by atoms with Gasteiger partial charge in [-0.05, 0) is 13.0 Å². The third-order valence-electron chi connectivity index (χ3n) is 1.93. The van der Waals surface area contributed by atoms with Gasteiger partial charge in [-0.1, -0.05) is 0 Å². The molecule has 0 aromatic carbocycles. The van der Waals surface area contributed by atoms with Gasteiger partial charge < -0.3 is 10.2 Å². The van der Waals surface area contributed by atoms with Crippen LogP contribution in [-0.2, 0) is 13.6 Å². The Balaban J connectivity index is 2.54. The summed E-state index contributed by atoms with van der Waals surface area (Å²) in [5, 5.41) is 6.96. The number of rotatable bonds is 2. The van der Waals surface area contributed by atoms with E-state index in [0.29, 0.717) is 6.54 Å². The van der Waals surface area contributed by atoms with Crippen molar-refractivity contribution >= 4 is 6.03 Å². The van der Waals surface area contributed by atoms with Gasteiger partial charge in [-0.15, -0.1) is 0 Å². The number of nitrogens with zero attached hydrogens (tertiary/aromatic N) is 3. The second-order valence-corrected chi connectivity index (χ2v) is 3.45. The van der Waals surface area contributed by atoms with E-state index in [9.17, 15) is 4.79 Å². The van der Waals surface area contributed by atoms with Crippen LogP contribution in [0.25, 0.3) is 0 Å². The summed E-state index contributed by atoms with van der Waals surface area (Å²) in [5.74, 6) is 0. The molecule has 0 fully saturated rings. The average molecular weight is 196 g/mol. The number of hydrogen-bond donors (Lipinski definition) is 1. The van der Waals surface area contributed by atoms with Crippen LogP contribution < -0.4 is 5.32 Å². The van der Waals surface area contributed by atoms with E-state index in [1.807, 2.05) is 20.0 Å². The summed E-state index contributed by atoms with van der Waals surface area (Å²) in [5.41, 5.74) is 1.96. The minimum absolute atomic E-state index is 0.0937. The van der Waals surface area contributed by atoms with Gasteiger partial charge in [-0.2, -0.15) is 5.10 Å². The molecule has 1 rings (SSSR count). The smallest absolute Gasteiger partial charge is 0.317 e. The lowest BCUT2D eigenvalue weighted by Crippen LogP contribution is -2.34. The van der Waals surface area contributed by atoms with Crippen molar-refractivity contribution in [2.45, 2.75) is 13.5 Å². The zero-order valence-corrected chi connectivity index (χ0v) is 9.03. The third-order valence-corrected chi connectivity index (χ3v) is 1.93. The normalized spacial score (nSPS) is 10.0. The van der Waals surface area contributed by atoms with Crippen molar-refractivity contribution < 1.29 is 4.79 Å². The zero-order chi connectivity index (χ0) is 10.7. The Bertz CT molecular complexity index is 330. The van der Waals surface area contributed by atoms with Gasteiger partial charge in [0, 0.05) is 21.1 Å². The van der Waals surface area contributed by atoms with E-state index in [1.54, 1.807) is 18.8 Å². The van der Waals surface area contributed by atoms with Crippen molar-refractivity contribution in [3.63, 3.8) is 0 Å². The highest BCUT2D eigenvalue weighted by Gasteiger charge is 2.05. The summed E-state index contributed by atoms with van der Waals surface area (Å²) < 4.78 is 1.77. The molecule has 0 radical (unpaired) electrons. The fourth-order valence-corrected chi connectivity index (χ4v) is 1.15. The molecule has 1 aromatic rings. The second kappa shape index (κ2) is 4.13. The van der Waals surface area contributed by atoms with Crippen molar-refractivity contribution in [2.24, 2.45) is 7.05 Å². The topological polar surface area (TPSA) is 50.2 Å². The molecule has 5 heteroatoms. The second-order valence-electron chi connectivity index (χ2n) is 3.45. The highest BCUT2D eigenvalue weighted by Crippen LogP contribution is 2.00. The summed E-state index contributed by atoms with van der Waals surface area (Å²) in [6.07, 6.45) is 0. The Labute approximate surface area is 83.7 Å². The SMILES string of the molecule is Cc1cc(CNC(=O)N(C)C)n(C)n1. The van der Waals surface area contributed by atoms with E-state index < -0.39 is 0 Å². The number of carbonyl (C=O) groups is 1. The molecule has 0 aliphatic heterocycles. The predicted molar refractivity (Wildman–Crippen MR) is 53.9 cm³/mol. The van der Waals surface area contributed by atoms with E-state index in [0.717, 1.165) is 11.4 Å². The number of aryl methyl sites for hydroxylation is 2. The molecule has 0 bridgehead atoms. The lowest BCUT2D eigenvalue weighted by atomic mass is 10.4. The van der Waals surface area contributed by atoms with E-state index in [-0.39, 0.29) is 6.03 Å². The minimum atomic E-state index is -0.0937. The molecule has 0 aliphatic rings. The van der Waals surface area contributed by atoms with Crippen LogP contribution >= 0.6 is 0 Å². The lowest BCUT2D eigenvalue weighted by molar-refractivity contribution is 0.216. The average Bonchev–Trinajstić information content (AvgIpc) is 2.40. The highest BCUT2D eigenvalue weighted by molar-refractivity contribution is 5.73. The number of nitrogens with one attached hydrogen (secondary N) is 1. The van der Waals surface area contributed by atoms with Gasteiger partial charge in [-0.25, -0.2) is 4.79 Å². The molecule has 0 saturated carbocycles. The molecular formula is C9H16N4O. The molecule has 0 spiro atoms. The number of urea groups is 1. The van der Waals surface area contributed by atoms with Crippen LogP contribution in [0, 0.1) is 6.92 Å². The Kier molecular flexibility index (Phi) is 3.11. The Morgan fingerprint density at radius 2 is 2.29 bits per heavy atom. The fraction of sp³-hybridized carbons (Fsp3) is 0.556. The first-order valence-corrected chi connectivity index (χ1v) is 4.45. The van der Waals surface area contributed by atoms with Crippen LogP contribution in [-0.4, -0.2) is 34.8 Å². The Morgan fingerprint density at radius 1 is 1.64 bits per heavy atom. The van der Waals surface area contributed by atoms with Crippen molar-refractivity contribution in [3.8, 4) is 0 Å². The van der Waals surface area contributed by atoms with Crippen LogP contribution in [0.1, 0.15) is 11.4 Å². The van der Waals surface area contributed by atoms with Gasteiger partial charge in [0.05, 0.1) is 17.9 Å². The van der Waals surface area contributed by atoms with Gasteiger partial charge in [0.1, 0.15) is 0 Å². The van der Waals surface area contributed by atoms with E-state index in [4.69, 9.17) is 0 Å². The van der Waals surface area contributed by atoms with E-state index in [2.05, 4.69) is 10.4 Å². The highest BCUT2D eigenvalue weighted by atomic mass is 16.2. The van der Waals surface area contributed by atoms with Gasteiger partial charge in [-0.3, -0.25) is 4.68 Å². The lowest BCUT2D eigenvalue weighted by Gasteiger charge is -2.11. The van der Waals surface area contributed by atoms with Crippen LogP contribution in [0.5, 0.6) is 0 Å². The Morgan fingerprint density at radius 3 is 2.71 bits per heavy atom. The predicted octanol–water partition coefficient (Wildman–Crippen LogP) is 0.500. The number of hydrogen-bond acceptors (Lipinski definition) is 2. The van der Waals surface area contributed by atoms with Crippen LogP contribution in [0.2, 0.25) is 0 Å². The zero-order valence-electron chi connectivity index (χ0n) is 9.03. The number of aromatic nitrogens is 2. The van der Waals surface area contributed by atoms with Crippen molar-refractivity contribution in [2.75, 3.05) is 14.1 Å². The number of amides is 2. The first-order valence-electron chi connectivity index (χ1n) is 4.45. The molecule has 5 nitrogen and oxygen atoms in total. The first-order chi connectivity index (χ1) is 6.50. The maximum Gasteiger partial charge on any atom is 0.317 e. The summed E-state index contributed by atoms with van der Waals surface area (Å²) >= 11 is 0. The molecule has 0 atom stereocenters.